The largest absolute Gasteiger partial charge is 0.320 e. The van der Waals surface area contributed by atoms with E-state index in [0.29, 0.717) is 5.56 Å². The number of hydrogen-bond donors (Lipinski definition) is 1. The van der Waals surface area contributed by atoms with Crippen molar-refractivity contribution in [2.24, 2.45) is 5.14 Å². The van der Waals surface area contributed by atoms with Crippen molar-refractivity contribution in [2.75, 3.05) is 0 Å². The number of fused-ring (bicyclic) bond motifs is 1. The van der Waals surface area contributed by atoms with Crippen molar-refractivity contribution >= 4 is 26.8 Å². The Labute approximate surface area is 146 Å². The average molecular weight is 357 g/mol. The van der Waals surface area contributed by atoms with Crippen LogP contribution in [0.5, 0.6) is 0 Å². The second-order valence-corrected chi connectivity index (χ2v) is 7.75. The van der Waals surface area contributed by atoms with Crippen molar-refractivity contribution in [1.82, 2.24) is 9.55 Å². The minimum Gasteiger partial charge on any atom is -0.320 e. The molecule has 3 aromatic rings. The highest BCUT2D eigenvalue weighted by Crippen LogP contribution is 2.22. The van der Waals surface area contributed by atoms with Gasteiger partial charge in [0.25, 0.3) is 0 Å². The molecule has 0 aliphatic carbocycles. The molecule has 1 heterocycles. The van der Waals surface area contributed by atoms with Crippen molar-refractivity contribution < 1.29 is 13.2 Å². The van der Waals surface area contributed by atoms with Crippen LogP contribution in [0.3, 0.4) is 0 Å². The third-order valence-corrected chi connectivity index (χ3v) is 4.94. The summed E-state index contributed by atoms with van der Waals surface area (Å²) in [5, 5.41) is 5.08. The van der Waals surface area contributed by atoms with Gasteiger partial charge in [-0.1, -0.05) is 26.0 Å². The number of carbonyl (C=O) groups is 1. The Morgan fingerprint density at radius 2 is 1.76 bits per heavy atom. The van der Waals surface area contributed by atoms with Crippen LogP contribution in [0, 0.1) is 0 Å². The molecule has 0 fully saturated rings. The molecule has 0 radical (unpaired) electrons. The van der Waals surface area contributed by atoms with Crippen molar-refractivity contribution in [3.05, 3.63) is 59.9 Å². The quantitative estimate of drug-likeness (QED) is 0.710. The molecule has 0 unspecified atom stereocenters. The number of nitrogens with two attached hydrogens (primary N) is 1. The summed E-state index contributed by atoms with van der Waals surface area (Å²) in [4.78, 5) is 17.3. The van der Waals surface area contributed by atoms with Gasteiger partial charge >= 0.3 is 0 Å². The number of sulfonamides is 1. The standard InChI is InChI=1S/C18H19N3O3S/c1-12(2)18-20-15-5-3-4-6-16(15)21(18)11-17(22)13-7-9-14(10-8-13)25(19,23)24/h3-10,12H,11H2,1-2H3,(H2,19,23,24). The molecule has 0 saturated carbocycles. The second kappa shape index (κ2) is 6.42. The first-order chi connectivity index (χ1) is 11.8. The van der Waals surface area contributed by atoms with Crippen LogP contribution in [0.15, 0.2) is 53.4 Å². The predicted octanol–water partition coefficient (Wildman–Crippen LogP) is 2.69. The summed E-state index contributed by atoms with van der Waals surface area (Å²) in [7, 11) is -3.77. The molecule has 0 spiro atoms. The maximum Gasteiger partial charge on any atom is 0.238 e. The topological polar surface area (TPSA) is 95.0 Å². The molecule has 25 heavy (non-hydrogen) atoms. The zero-order valence-corrected chi connectivity index (χ0v) is 14.8. The van der Waals surface area contributed by atoms with E-state index in [1.165, 1.54) is 24.3 Å². The Bertz CT molecular complexity index is 1040. The summed E-state index contributed by atoms with van der Waals surface area (Å²) in [5.74, 6) is 0.895. The number of Topliss-reactive ketones (excluding diaryl/α,β-unsaturated/α-hetero) is 1. The summed E-state index contributed by atoms with van der Waals surface area (Å²) < 4.78 is 24.5. The molecule has 3 rings (SSSR count). The van der Waals surface area contributed by atoms with Gasteiger partial charge in [0, 0.05) is 11.5 Å². The maximum absolute atomic E-state index is 12.7. The number of primary sulfonamides is 1. The van der Waals surface area contributed by atoms with Gasteiger partial charge in [-0.3, -0.25) is 4.79 Å². The monoisotopic (exact) mass is 357 g/mol. The zero-order chi connectivity index (χ0) is 18.2. The molecule has 0 atom stereocenters. The van der Waals surface area contributed by atoms with Gasteiger partial charge in [-0.15, -0.1) is 0 Å². The molecular formula is C18H19N3O3S. The average Bonchev–Trinajstić information content (AvgIpc) is 2.93. The number of benzene rings is 2. The summed E-state index contributed by atoms with van der Waals surface area (Å²) in [5.41, 5.74) is 2.18. The highest BCUT2D eigenvalue weighted by Gasteiger charge is 2.17. The molecule has 7 heteroatoms. The molecule has 6 nitrogen and oxygen atoms in total. The Morgan fingerprint density at radius 1 is 1.12 bits per heavy atom. The van der Waals surface area contributed by atoms with Crippen LogP contribution in [-0.2, 0) is 16.6 Å². The first-order valence-electron chi connectivity index (χ1n) is 7.88. The third-order valence-electron chi connectivity index (χ3n) is 4.01. The number of hydrogen-bond acceptors (Lipinski definition) is 4. The van der Waals surface area contributed by atoms with Gasteiger partial charge in [-0.25, -0.2) is 18.5 Å². The molecule has 130 valence electrons. The van der Waals surface area contributed by atoms with E-state index >= 15 is 0 Å². The van der Waals surface area contributed by atoms with E-state index in [1.54, 1.807) is 0 Å². The van der Waals surface area contributed by atoms with Crippen LogP contribution in [0.2, 0.25) is 0 Å². The lowest BCUT2D eigenvalue weighted by Gasteiger charge is -2.11. The number of aromatic nitrogens is 2. The third kappa shape index (κ3) is 3.47. The minimum absolute atomic E-state index is 0.0139. The van der Waals surface area contributed by atoms with Crippen molar-refractivity contribution in [2.45, 2.75) is 31.2 Å². The van der Waals surface area contributed by atoms with Crippen LogP contribution in [0.4, 0.5) is 0 Å². The first-order valence-corrected chi connectivity index (χ1v) is 9.43. The van der Waals surface area contributed by atoms with E-state index in [-0.39, 0.29) is 23.1 Å². The van der Waals surface area contributed by atoms with Crippen molar-refractivity contribution in [3.8, 4) is 0 Å². The number of nitrogens with zero attached hydrogens (tertiary/aromatic N) is 2. The van der Waals surface area contributed by atoms with Crippen LogP contribution in [0.25, 0.3) is 11.0 Å². The van der Waals surface area contributed by atoms with E-state index in [0.717, 1.165) is 16.9 Å². The molecular weight excluding hydrogens is 338 g/mol. The van der Waals surface area contributed by atoms with E-state index in [2.05, 4.69) is 4.98 Å². The van der Waals surface area contributed by atoms with Crippen LogP contribution in [-0.4, -0.2) is 23.8 Å². The van der Waals surface area contributed by atoms with Gasteiger partial charge in [0.2, 0.25) is 10.0 Å². The second-order valence-electron chi connectivity index (χ2n) is 6.19. The number of carbonyl (C=O) groups excluding carboxylic acids is 1. The predicted molar refractivity (Wildman–Crippen MR) is 96.0 cm³/mol. The van der Waals surface area contributed by atoms with Gasteiger partial charge in [0.1, 0.15) is 5.82 Å². The van der Waals surface area contributed by atoms with E-state index in [4.69, 9.17) is 5.14 Å². The van der Waals surface area contributed by atoms with Crippen molar-refractivity contribution in [1.29, 1.82) is 0 Å². The van der Waals surface area contributed by atoms with Crippen LogP contribution >= 0.6 is 0 Å². The van der Waals surface area contributed by atoms with Gasteiger partial charge in [-0.2, -0.15) is 0 Å². The Morgan fingerprint density at radius 3 is 2.36 bits per heavy atom. The van der Waals surface area contributed by atoms with Gasteiger partial charge in [0.05, 0.1) is 22.5 Å². The molecule has 2 N–H and O–H groups in total. The Kier molecular flexibility index (Phi) is 4.45. The van der Waals surface area contributed by atoms with Gasteiger partial charge in [0.15, 0.2) is 5.78 Å². The lowest BCUT2D eigenvalue weighted by Crippen LogP contribution is -2.15. The van der Waals surface area contributed by atoms with E-state index < -0.39 is 10.0 Å². The molecule has 0 aliphatic rings. The molecule has 2 aromatic carbocycles. The van der Waals surface area contributed by atoms with Gasteiger partial charge in [-0.05, 0) is 36.4 Å². The van der Waals surface area contributed by atoms with Crippen molar-refractivity contribution in [3.63, 3.8) is 0 Å². The van der Waals surface area contributed by atoms with Crippen LogP contribution in [0.1, 0.15) is 35.9 Å². The molecule has 0 saturated heterocycles. The Balaban J connectivity index is 1.96. The molecule has 0 aliphatic heterocycles. The highest BCUT2D eigenvalue weighted by molar-refractivity contribution is 7.89. The molecule has 1 aromatic heterocycles. The Hall–Kier alpha value is -2.51. The first kappa shape index (κ1) is 17.3. The summed E-state index contributed by atoms with van der Waals surface area (Å²) in [6.45, 7) is 4.20. The zero-order valence-electron chi connectivity index (χ0n) is 14.0. The normalized spacial score (nSPS) is 12.0. The van der Waals surface area contributed by atoms with E-state index in [1.807, 2.05) is 42.7 Å². The number of ketones is 1. The fraction of sp³-hybridized carbons (Fsp3) is 0.222. The van der Waals surface area contributed by atoms with E-state index in [9.17, 15) is 13.2 Å². The van der Waals surface area contributed by atoms with Gasteiger partial charge < -0.3 is 4.57 Å². The minimum atomic E-state index is -3.77. The fourth-order valence-corrected chi connectivity index (χ4v) is 3.28. The summed E-state index contributed by atoms with van der Waals surface area (Å²) in [6, 6.07) is 13.3. The number of rotatable bonds is 5. The molecule has 0 amide bonds. The fourth-order valence-electron chi connectivity index (χ4n) is 2.77. The highest BCUT2D eigenvalue weighted by atomic mass is 32.2. The number of para-hydroxylation sites is 2. The number of imidazole rings is 1. The lowest BCUT2D eigenvalue weighted by atomic mass is 10.1. The lowest BCUT2D eigenvalue weighted by molar-refractivity contribution is 0.0972. The summed E-state index contributed by atoms with van der Waals surface area (Å²) >= 11 is 0. The molecule has 0 bridgehead atoms. The smallest absolute Gasteiger partial charge is 0.238 e. The summed E-state index contributed by atoms with van der Waals surface area (Å²) in [6.07, 6.45) is 0. The SMILES string of the molecule is CC(C)c1nc2ccccc2n1CC(=O)c1ccc(S(N)(=O)=O)cc1. The van der Waals surface area contributed by atoms with Crippen LogP contribution < -0.4 is 5.14 Å². The maximum atomic E-state index is 12.7.